The van der Waals surface area contributed by atoms with Gasteiger partial charge in [0.1, 0.15) is 11.5 Å². The van der Waals surface area contributed by atoms with Crippen molar-refractivity contribution in [2.75, 3.05) is 27.7 Å². The summed E-state index contributed by atoms with van der Waals surface area (Å²) >= 11 is 1.66. The average molecular weight is 320 g/mol. The van der Waals surface area contributed by atoms with E-state index in [2.05, 4.69) is 10.2 Å². The number of ether oxygens (including phenoxy) is 1. The summed E-state index contributed by atoms with van der Waals surface area (Å²) in [6.45, 7) is 0.470. The number of benzene rings is 1. The molecular formula is C16H20N2O3S. The van der Waals surface area contributed by atoms with Gasteiger partial charge in [0.25, 0.3) is 5.91 Å². The molecule has 0 fully saturated rings. The number of carbonyl (C=O) groups excluding carboxylic acids is 1. The first-order valence-corrected chi connectivity index (χ1v) is 7.76. The fourth-order valence-electron chi connectivity index (χ4n) is 2.13. The van der Waals surface area contributed by atoms with Crippen LogP contribution in [0.3, 0.4) is 0 Å². The maximum atomic E-state index is 12.2. The molecule has 0 aliphatic carbocycles. The molecule has 0 saturated heterocycles. The van der Waals surface area contributed by atoms with Crippen LogP contribution in [0, 0.1) is 0 Å². The number of nitrogens with one attached hydrogen (secondary N) is 1. The largest absolute Gasteiger partial charge is 0.507 e. The summed E-state index contributed by atoms with van der Waals surface area (Å²) in [5.41, 5.74) is 0.240. The molecule has 1 atom stereocenters. The number of methoxy groups -OCH3 is 1. The third-order valence-electron chi connectivity index (χ3n) is 3.40. The molecule has 0 bridgehead atoms. The number of hydrogen-bond donors (Lipinski definition) is 2. The summed E-state index contributed by atoms with van der Waals surface area (Å²) < 4.78 is 5.01. The van der Waals surface area contributed by atoms with E-state index in [4.69, 9.17) is 4.74 Å². The van der Waals surface area contributed by atoms with Gasteiger partial charge in [0.15, 0.2) is 0 Å². The van der Waals surface area contributed by atoms with Crippen LogP contribution in [-0.2, 0) is 0 Å². The van der Waals surface area contributed by atoms with E-state index in [1.165, 1.54) is 18.1 Å². The van der Waals surface area contributed by atoms with Gasteiger partial charge in [-0.2, -0.15) is 0 Å². The first kappa shape index (κ1) is 16.3. The maximum Gasteiger partial charge on any atom is 0.255 e. The van der Waals surface area contributed by atoms with Gasteiger partial charge in [-0.05, 0) is 37.7 Å². The van der Waals surface area contributed by atoms with Crippen molar-refractivity contribution in [2.24, 2.45) is 0 Å². The second kappa shape index (κ2) is 7.29. The molecule has 0 aliphatic rings. The standard InChI is InChI=1S/C16H20N2O3S/c1-18(2)13(15-5-4-8-22-15)10-17-16(20)12-7-6-11(21-3)9-14(12)19/h4-9,13,19H,10H2,1-3H3,(H,17,20). The predicted molar refractivity (Wildman–Crippen MR) is 87.7 cm³/mol. The maximum absolute atomic E-state index is 12.2. The molecule has 6 heteroatoms. The van der Waals surface area contributed by atoms with Gasteiger partial charge < -0.3 is 20.1 Å². The number of carbonyl (C=O) groups is 1. The van der Waals surface area contributed by atoms with E-state index >= 15 is 0 Å². The van der Waals surface area contributed by atoms with Crippen LogP contribution in [0.5, 0.6) is 11.5 Å². The van der Waals surface area contributed by atoms with Crippen LogP contribution < -0.4 is 10.1 Å². The Labute approximate surface area is 134 Å². The molecular weight excluding hydrogens is 300 g/mol. The highest BCUT2D eigenvalue weighted by Crippen LogP contribution is 2.25. The van der Waals surface area contributed by atoms with Crippen LogP contribution in [0.2, 0.25) is 0 Å². The summed E-state index contributed by atoms with van der Waals surface area (Å²) in [5.74, 6) is 0.122. The van der Waals surface area contributed by atoms with E-state index in [1.54, 1.807) is 23.5 Å². The molecule has 0 aliphatic heterocycles. The van der Waals surface area contributed by atoms with E-state index in [-0.39, 0.29) is 23.3 Å². The highest BCUT2D eigenvalue weighted by Gasteiger charge is 2.18. The summed E-state index contributed by atoms with van der Waals surface area (Å²) in [5, 5.41) is 14.8. The van der Waals surface area contributed by atoms with Crippen LogP contribution in [0.1, 0.15) is 21.3 Å². The number of rotatable bonds is 6. The first-order chi connectivity index (χ1) is 10.5. The van der Waals surface area contributed by atoms with Crippen molar-refractivity contribution < 1.29 is 14.6 Å². The average Bonchev–Trinajstić information content (AvgIpc) is 3.00. The smallest absolute Gasteiger partial charge is 0.255 e. The van der Waals surface area contributed by atoms with Gasteiger partial charge in [-0.25, -0.2) is 0 Å². The molecule has 1 unspecified atom stereocenters. The number of amides is 1. The fraction of sp³-hybridized carbons (Fsp3) is 0.312. The zero-order valence-electron chi connectivity index (χ0n) is 12.9. The van der Waals surface area contributed by atoms with Crippen molar-refractivity contribution in [2.45, 2.75) is 6.04 Å². The second-order valence-electron chi connectivity index (χ2n) is 5.09. The number of aromatic hydroxyl groups is 1. The Balaban J connectivity index is 2.05. The van der Waals surface area contributed by atoms with E-state index < -0.39 is 0 Å². The van der Waals surface area contributed by atoms with Crippen LogP contribution >= 0.6 is 11.3 Å². The molecule has 1 aromatic carbocycles. The Morgan fingerprint density at radius 3 is 2.73 bits per heavy atom. The molecule has 1 amide bonds. The lowest BCUT2D eigenvalue weighted by Crippen LogP contribution is -2.34. The zero-order chi connectivity index (χ0) is 16.1. The van der Waals surface area contributed by atoms with Gasteiger partial charge in [-0.15, -0.1) is 11.3 Å². The minimum absolute atomic E-state index is 0.0885. The summed E-state index contributed by atoms with van der Waals surface area (Å²) in [4.78, 5) is 15.5. The SMILES string of the molecule is COc1ccc(C(=O)NCC(c2cccs2)N(C)C)c(O)c1. The molecule has 2 rings (SSSR count). The molecule has 118 valence electrons. The molecule has 22 heavy (non-hydrogen) atoms. The van der Waals surface area contributed by atoms with E-state index in [1.807, 2.05) is 31.6 Å². The van der Waals surface area contributed by atoms with Crippen LogP contribution in [0.15, 0.2) is 35.7 Å². The van der Waals surface area contributed by atoms with Crippen molar-refractivity contribution in [1.82, 2.24) is 10.2 Å². The lowest BCUT2D eigenvalue weighted by molar-refractivity contribution is 0.0939. The number of likely N-dealkylation sites (N-methyl/N-ethyl adjacent to an activating group) is 1. The summed E-state index contributed by atoms with van der Waals surface area (Å²) in [6, 6.07) is 8.78. The molecule has 0 radical (unpaired) electrons. The van der Waals surface area contributed by atoms with Gasteiger partial charge in [-0.1, -0.05) is 6.07 Å². The quantitative estimate of drug-likeness (QED) is 0.858. The van der Waals surface area contributed by atoms with Crippen LogP contribution in [-0.4, -0.2) is 43.7 Å². The highest BCUT2D eigenvalue weighted by molar-refractivity contribution is 7.10. The monoisotopic (exact) mass is 320 g/mol. The number of thiophene rings is 1. The molecule has 2 aromatic rings. The number of phenols is 1. The summed E-state index contributed by atoms with van der Waals surface area (Å²) in [6.07, 6.45) is 0. The molecule has 1 aromatic heterocycles. The van der Waals surface area contributed by atoms with E-state index in [0.717, 1.165) is 0 Å². The molecule has 0 saturated carbocycles. The van der Waals surface area contributed by atoms with Crippen molar-refractivity contribution in [1.29, 1.82) is 0 Å². The number of nitrogens with zero attached hydrogens (tertiary/aromatic N) is 1. The van der Waals surface area contributed by atoms with Crippen molar-refractivity contribution in [3.63, 3.8) is 0 Å². The third kappa shape index (κ3) is 3.78. The van der Waals surface area contributed by atoms with Gasteiger partial charge in [0, 0.05) is 17.5 Å². The normalized spacial score (nSPS) is 12.2. The number of hydrogen-bond acceptors (Lipinski definition) is 5. The first-order valence-electron chi connectivity index (χ1n) is 6.88. The third-order valence-corrected chi connectivity index (χ3v) is 4.37. The van der Waals surface area contributed by atoms with Gasteiger partial charge >= 0.3 is 0 Å². The van der Waals surface area contributed by atoms with Crippen molar-refractivity contribution in [3.05, 3.63) is 46.2 Å². The molecule has 5 nitrogen and oxygen atoms in total. The number of phenolic OH excluding ortho intramolecular Hbond substituents is 1. The topological polar surface area (TPSA) is 61.8 Å². The van der Waals surface area contributed by atoms with Crippen molar-refractivity contribution in [3.8, 4) is 11.5 Å². The molecule has 1 heterocycles. The van der Waals surface area contributed by atoms with E-state index in [0.29, 0.717) is 12.3 Å². The van der Waals surface area contributed by atoms with E-state index in [9.17, 15) is 9.90 Å². The lowest BCUT2D eigenvalue weighted by Gasteiger charge is -2.23. The Bertz CT molecular complexity index is 626. The Hall–Kier alpha value is -2.05. The second-order valence-corrected chi connectivity index (χ2v) is 6.07. The molecule has 0 spiro atoms. The van der Waals surface area contributed by atoms with Gasteiger partial charge in [0.05, 0.1) is 18.7 Å². The lowest BCUT2D eigenvalue weighted by atomic mass is 10.1. The Kier molecular flexibility index (Phi) is 5.41. The van der Waals surface area contributed by atoms with Crippen LogP contribution in [0.25, 0.3) is 0 Å². The minimum atomic E-state index is -0.302. The Morgan fingerprint density at radius 1 is 1.41 bits per heavy atom. The molecule has 2 N–H and O–H groups in total. The highest BCUT2D eigenvalue weighted by atomic mass is 32.1. The summed E-state index contributed by atoms with van der Waals surface area (Å²) in [7, 11) is 5.46. The fourth-order valence-corrected chi connectivity index (χ4v) is 3.06. The Morgan fingerprint density at radius 2 is 2.18 bits per heavy atom. The predicted octanol–water partition coefficient (Wildman–Crippen LogP) is 2.50. The van der Waals surface area contributed by atoms with Crippen LogP contribution in [0.4, 0.5) is 0 Å². The minimum Gasteiger partial charge on any atom is -0.507 e. The van der Waals surface area contributed by atoms with Gasteiger partial charge in [-0.3, -0.25) is 4.79 Å². The van der Waals surface area contributed by atoms with Crippen molar-refractivity contribution >= 4 is 17.2 Å². The zero-order valence-corrected chi connectivity index (χ0v) is 13.7. The van der Waals surface area contributed by atoms with Gasteiger partial charge in [0.2, 0.25) is 0 Å².